The number of hydrogen-bond donors (Lipinski definition) is 2. The van der Waals surface area contributed by atoms with E-state index in [1.807, 2.05) is 12.4 Å². The van der Waals surface area contributed by atoms with Gasteiger partial charge in [-0.25, -0.2) is 0 Å². The molecule has 1 aliphatic heterocycles. The van der Waals surface area contributed by atoms with Gasteiger partial charge in [-0.2, -0.15) is 0 Å². The number of nitrogens with zero attached hydrogens (tertiary/aromatic N) is 1. The molecule has 13 heavy (non-hydrogen) atoms. The Labute approximate surface area is 78.4 Å². The van der Waals surface area contributed by atoms with Crippen LogP contribution in [-0.2, 0) is 6.54 Å². The summed E-state index contributed by atoms with van der Waals surface area (Å²) in [6, 6.07) is 2.17. The number of nitrogens with two attached hydrogens (primary N) is 1. The minimum Gasteiger partial charge on any atom is -0.326 e. The van der Waals surface area contributed by atoms with Gasteiger partial charge in [-0.15, -0.1) is 0 Å². The Hall–Kier alpha value is -0.930. The molecule has 3 heteroatoms. The van der Waals surface area contributed by atoms with Crippen LogP contribution in [0.5, 0.6) is 0 Å². The van der Waals surface area contributed by atoms with Gasteiger partial charge in [0, 0.05) is 25.5 Å². The molecule has 0 radical (unpaired) electrons. The smallest absolute Gasteiger partial charge is 0.0312 e. The van der Waals surface area contributed by atoms with Crippen molar-refractivity contribution in [3.63, 3.8) is 0 Å². The topological polar surface area (TPSA) is 50.9 Å². The van der Waals surface area contributed by atoms with E-state index in [1.54, 1.807) is 0 Å². The van der Waals surface area contributed by atoms with Crippen LogP contribution in [0.1, 0.15) is 23.5 Å². The fourth-order valence-corrected chi connectivity index (χ4v) is 1.78. The third kappa shape index (κ3) is 1.87. The van der Waals surface area contributed by atoms with E-state index < -0.39 is 0 Å². The molecule has 2 rings (SSSR count). The standard InChI is InChI=1S/C10H15N3/c11-4-8-3-10(7-13-5-8)9-1-2-12-6-9/h3,5,7,9,12H,1-2,4,6,11H2. The van der Waals surface area contributed by atoms with Crippen LogP contribution in [0.2, 0.25) is 0 Å². The molecule has 3 nitrogen and oxygen atoms in total. The summed E-state index contributed by atoms with van der Waals surface area (Å²) < 4.78 is 0. The number of aromatic nitrogens is 1. The van der Waals surface area contributed by atoms with Crippen LogP contribution in [0, 0.1) is 0 Å². The van der Waals surface area contributed by atoms with Crippen molar-refractivity contribution in [3.05, 3.63) is 29.6 Å². The third-order valence-electron chi connectivity index (χ3n) is 2.58. The van der Waals surface area contributed by atoms with Crippen molar-refractivity contribution in [2.45, 2.75) is 18.9 Å². The average Bonchev–Trinajstić information content (AvgIpc) is 2.71. The largest absolute Gasteiger partial charge is 0.326 e. The molecule has 70 valence electrons. The molecule has 0 bridgehead atoms. The van der Waals surface area contributed by atoms with E-state index in [0.717, 1.165) is 18.7 Å². The van der Waals surface area contributed by atoms with Crippen LogP contribution in [0.3, 0.4) is 0 Å². The second kappa shape index (κ2) is 3.85. The molecule has 1 unspecified atom stereocenters. The molecule has 0 amide bonds. The highest BCUT2D eigenvalue weighted by Crippen LogP contribution is 2.21. The summed E-state index contributed by atoms with van der Waals surface area (Å²) in [6.07, 6.45) is 5.01. The van der Waals surface area contributed by atoms with Gasteiger partial charge in [-0.05, 0) is 30.0 Å². The van der Waals surface area contributed by atoms with Gasteiger partial charge in [0.25, 0.3) is 0 Å². The molecular formula is C10H15N3. The van der Waals surface area contributed by atoms with Crippen LogP contribution in [-0.4, -0.2) is 18.1 Å². The molecule has 3 N–H and O–H groups in total. The lowest BCUT2D eigenvalue weighted by Crippen LogP contribution is -2.08. The summed E-state index contributed by atoms with van der Waals surface area (Å²) in [6.45, 7) is 2.79. The van der Waals surface area contributed by atoms with Gasteiger partial charge >= 0.3 is 0 Å². The van der Waals surface area contributed by atoms with E-state index >= 15 is 0 Å². The van der Waals surface area contributed by atoms with Crippen molar-refractivity contribution >= 4 is 0 Å². The van der Waals surface area contributed by atoms with Crippen LogP contribution >= 0.6 is 0 Å². The monoisotopic (exact) mass is 177 g/mol. The summed E-state index contributed by atoms with van der Waals surface area (Å²) in [5, 5.41) is 3.35. The Morgan fingerprint density at radius 3 is 3.15 bits per heavy atom. The Bertz CT molecular complexity index is 279. The van der Waals surface area contributed by atoms with Crippen molar-refractivity contribution in [2.75, 3.05) is 13.1 Å². The molecule has 0 saturated carbocycles. The van der Waals surface area contributed by atoms with E-state index in [4.69, 9.17) is 5.73 Å². The van der Waals surface area contributed by atoms with Gasteiger partial charge in [-0.3, -0.25) is 4.98 Å². The minimum atomic E-state index is 0.584. The van der Waals surface area contributed by atoms with Gasteiger partial charge in [0.1, 0.15) is 0 Å². The molecule has 0 aromatic carbocycles. The zero-order valence-electron chi connectivity index (χ0n) is 7.66. The Balaban J connectivity index is 2.18. The maximum Gasteiger partial charge on any atom is 0.0312 e. The first-order valence-electron chi connectivity index (χ1n) is 4.75. The number of nitrogens with one attached hydrogen (secondary N) is 1. The molecule has 1 aliphatic rings. The zero-order chi connectivity index (χ0) is 9.10. The summed E-state index contributed by atoms with van der Waals surface area (Å²) in [7, 11) is 0. The van der Waals surface area contributed by atoms with E-state index in [0.29, 0.717) is 12.5 Å². The van der Waals surface area contributed by atoms with Gasteiger partial charge in [-0.1, -0.05) is 6.07 Å². The molecule has 1 aromatic heterocycles. The fraction of sp³-hybridized carbons (Fsp3) is 0.500. The highest BCUT2D eigenvalue weighted by molar-refractivity contribution is 5.22. The van der Waals surface area contributed by atoms with Gasteiger partial charge in [0.05, 0.1) is 0 Å². The van der Waals surface area contributed by atoms with Crippen molar-refractivity contribution in [1.29, 1.82) is 0 Å². The van der Waals surface area contributed by atoms with E-state index in [9.17, 15) is 0 Å². The molecule has 1 atom stereocenters. The summed E-state index contributed by atoms with van der Waals surface area (Å²) in [4.78, 5) is 4.19. The maximum atomic E-state index is 5.56. The number of hydrogen-bond acceptors (Lipinski definition) is 3. The van der Waals surface area contributed by atoms with Crippen LogP contribution in [0.15, 0.2) is 18.5 Å². The highest BCUT2D eigenvalue weighted by atomic mass is 14.9. The average molecular weight is 177 g/mol. The van der Waals surface area contributed by atoms with Crippen molar-refractivity contribution in [1.82, 2.24) is 10.3 Å². The molecule has 2 heterocycles. The van der Waals surface area contributed by atoms with E-state index in [1.165, 1.54) is 12.0 Å². The van der Waals surface area contributed by atoms with Crippen molar-refractivity contribution in [3.8, 4) is 0 Å². The Morgan fingerprint density at radius 2 is 2.46 bits per heavy atom. The lowest BCUT2D eigenvalue weighted by molar-refractivity contribution is 0.756. The number of rotatable bonds is 2. The summed E-state index contributed by atoms with van der Waals surface area (Å²) in [5.41, 5.74) is 8.02. The van der Waals surface area contributed by atoms with Crippen LogP contribution < -0.4 is 11.1 Å². The van der Waals surface area contributed by atoms with Gasteiger partial charge < -0.3 is 11.1 Å². The Morgan fingerprint density at radius 1 is 1.54 bits per heavy atom. The molecule has 0 aliphatic carbocycles. The van der Waals surface area contributed by atoms with Crippen molar-refractivity contribution < 1.29 is 0 Å². The first-order chi connectivity index (χ1) is 6.40. The van der Waals surface area contributed by atoms with E-state index in [2.05, 4.69) is 16.4 Å². The molecule has 1 fully saturated rings. The van der Waals surface area contributed by atoms with Gasteiger partial charge in [0.2, 0.25) is 0 Å². The predicted octanol–water partition coefficient (Wildman–Crippen LogP) is 0.617. The van der Waals surface area contributed by atoms with Gasteiger partial charge in [0.15, 0.2) is 0 Å². The van der Waals surface area contributed by atoms with E-state index in [-0.39, 0.29) is 0 Å². The minimum absolute atomic E-state index is 0.584. The predicted molar refractivity (Wildman–Crippen MR) is 52.4 cm³/mol. The highest BCUT2D eigenvalue weighted by Gasteiger charge is 2.16. The van der Waals surface area contributed by atoms with Crippen molar-refractivity contribution in [2.24, 2.45) is 5.73 Å². The first-order valence-corrected chi connectivity index (χ1v) is 4.75. The Kier molecular flexibility index (Phi) is 2.57. The fourth-order valence-electron chi connectivity index (χ4n) is 1.78. The molecular weight excluding hydrogens is 162 g/mol. The lowest BCUT2D eigenvalue weighted by Gasteiger charge is -2.08. The SMILES string of the molecule is NCc1cncc(C2CCNC2)c1. The molecule has 1 saturated heterocycles. The van der Waals surface area contributed by atoms with Crippen LogP contribution in [0.4, 0.5) is 0 Å². The van der Waals surface area contributed by atoms with Crippen LogP contribution in [0.25, 0.3) is 0 Å². The quantitative estimate of drug-likeness (QED) is 0.696. The molecule has 0 spiro atoms. The third-order valence-corrected chi connectivity index (χ3v) is 2.58. The summed E-state index contributed by atoms with van der Waals surface area (Å²) in [5.74, 6) is 0.638. The lowest BCUT2D eigenvalue weighted by atomic mass is 9.99. The zero-order valence-corrected chi connectivity index (χ0v) is 7.66. The molecule has 1 aromatic rings. The number of pyridine rings is 1. The second-order valence-corrected chi connectivity index (χ2v) is 3.52. The normalized spacial score (nSPS) is 22.1. The summed E-state index contributed by atoms with van der Waals surface area (Å²) >= 11 is 0. The first kappa shape index (κ1) is 8.66. The maximum absolute atomic E-state index is 5.56. The second-order valence-electron chi connectivity index (χ2n) is 3.52.